The van der Waals surface area contributed by atoms with Crippen LogP contribution in [0.4, 0.5) is 0 Å². The summed E-state index contributed by atoms with van der Waals surface area (Å²) in [6, 6.07) is -1.17. The van der Waals surface area contributed by atoms with Crippen molar-refractivity contribution in [2.75, 3.05) is 13.2 Å². The third kappa shape index (κ3) is 46.7. The van der Waals surface area contributed by atoms with E-state index in [1.54, 1.807) is 0 Å². The fraction of sp³-hybridized carbons (Fsp3) is 0.957. The van der Waals surface area contributed by atoms with Crippen LogP contribution in [0, 0.1) is 0 Å². The lowest BCUT2D eigenvalue weighted by Gasteiger charge is -2.40. The van der Waals surface area contributed by atoms with Crippen LogP contribution in [0.3, 0.4) is 0 Å². The molecule has 1 saturated heterocycles. The lowest BCUT2D eigenvalue weighted by Crippen LogP contribution is -2.60. The minimum Gasteiger partial charge on any atom is -0.394 e. The Labute approximate surface area is 500 Å². The molecule has 0 aromatic carbocycles. The fourth-order valence-electron chi connectivity index (χ4n) is 11.9. The first-order valence-electron chi connectivity index (χ1n) is 35.6. The summed E-state index contributed by atoms with van der Waals surface area (Å²) in [6.07, 6.45) is 61.5. The van der Waals surface area contributed by atoms with Gasteiger partial charge in [0.05, 0.1) is 25.4 Å². The van der Waals surface area contributed by atoms with Crippen LogP contribution >= 0.6 is 0 Å². The number of ether oxygens (including phenoxy) is 2. The average Bonchev–Trinajstić information content (AvgIpc) is 3.49. The number of carbonyl (C=O) groups is 1. The topological polar surface area (TPSA) is 189 Å². The summed E-state index contributed by atoms with van der Waals surface area (Å²) >= 11 is 0. The third-order valence-corrected chi connectivity index (χ3v) is 17.6. The van der Waals surface area contributed by atoms with E-state index in [0.29, 0.717) is 19.3 Å². The molecule has 0 bridgehead atoms. The molecule has 0 aromatic heterocycles. The van der Waals surface area contributed by atoms with Gasteiger partial charge < -0.3 is 50.5 Å². The molecular formula is C70H137NO10. The zero-order valence-electron chi connectivity index (χ0n) is 53.3. The van der Waals surface area contributed by atoms with E-state index in [2.05, 4.69) is 31.3 Å². The largest absolute Gasteiger partial charge is 0.394 e. The first kappa shape index (κ1) is 77.9. The maximum absolute atomic E-state index is 13.3. The highest BCUT2D eigenvalue weighted by atomic mass is 16.7. The number of allylic oxidation sites excluding steroid dienone is 2. The summed E-state index contributed by atoms with van der Waals surface area (Å²) in [5.41, 5.74) is 0. The molecule has 1 heterocycles. The third-order valence-electron chi connectivity index (χ3n) is 17.6. The van der Waals surface area contributed by atoms with Gasteiger partial charge in [-0.05, 0) is 38.5 Å². The van der Waals surface area contributed by atoms with Crippen molar-refractivity contribution in [3.8, 4) is 0 Å². The molecule has 11 nitrogen and oxygen atoms in total. The van der Waals surface area contributed by atoms with Crippen LogP contribution in [0.2, 0.25) is 0 Å². The van der Waals surface area contributed by atoms with Gasteiger partial charge in [0, 0.05) is 0 Å². The Hall–Kier alpha value is -1.15. The Bertz CT molecular complexity index is 1320. The van der Waals surface area contributed by atoms with Crippen molar-refractivity contribution in [2.45, 2.75) is 416 Å². The molecule has 81 heavy (non-hydrogen) atoms. The second kappa shape index (κ2) is 59.2. The summed E-state index contributed by atoms with van der Waals surface area (Å²) < 4.78 is 11.2. The summed E-state index contributed by atoms with van der Waals surface area (Å²) in [4.78, 5) is 13.3. The van der Waals surface area contributed by atoms with Crippen LogP contribution < -0.4 is 5.32 Å². The summed E-state index contributed by atoms with van der Waals surface area (Å²) in [5, 5.41) is 76.6. The van der Waals surface area contributed by atoms with Crippen LogP contribution in [0.1, 0.15) is 361 Å². The zero-order valence-corrected chi connectivity index (χ0v) is 53.3. The van der Waals surface area contributed by atoms with Crippen LogP contribution in [0.15, 0.2) is 12.2 Å². The number of amides is 1. The molecule has 0 radical (unpaired) electrons. The van der Waals surface area contributed by atoms with Gasteiger partial charge in [-0.3, -0.25) is 4.79 Å². The van der Waals surface area contributed by atoms with Crippen molar-refractivity contribution in [1.29, 1.82) is 0 Å². The molecule has 1 rings (SSSR count). The van der Waals surface area contributed by atoms with E-state index in [9.17, 15) is 40.5 Å². The fourth-order valence-corrected chi connectivity index (χ4v) is 11.9. The number of hydrogen-bond acceptors (Lipinski definition) is 10. The average molecular weight is 1150 g/mol. The first-order chi connectivity index (χ1) is 39.7. The van der Waals surface area contributed by atoms with Crippen molar-refractivity contribution in [3.05, 3.63) is 12.2 Å². The maximum Gasteiger partial charge on any atom is 0.249 e. The van der Waals surface area contributed by atoms with Gasteiger partial charge in [-0.25, -0.2) is 0 Å². The molecule has 1 aliphatic rings. The lowest BCUT2D eigenvalue weighted by molar-refractivity contribution is -0.303. The Morgan fingerprint density at radius 2 is 0.716 bits per heavy atom. The van der Waals surface area contributed by atoms with Gasteiger partial charge in [-0.2, -0.15) is 0 Å². The number of hydrogen-bond donors (Lipinski definition) is 8. The van der Waals surface area contributed by atoms with Gasteiger partial charge in [-0.15, -0.1) is 0 Å². The van der Waals surface area contributed by atoms with Crippen LogP contribution in [-0.4, -0.2) is 110 Å². The quantitative estimate of drug-likeness (QED) is 0.0215. The Balaban J connectivity index is 2.19. The molecule has 0 aromatic rings. The van der Waals surface area contributed by atoms with E-state index >= 15 is 0 Å². The first-order valence-corrected chi connectivity index (χ1v) is 35.6. The van der Waals surface area contributed by atoms with Crippen LogP contribution in [-0.2, 0) is 14.3 Å². The SMILES string of the molecule is CCCCCCCCCCCCCC/C=C\CCCCCCCCCCCCC(O)C(=O)NC(COC1OC(CO)C(O)C(O)C1O)C(O)C(O)CCCCCCCCCCCCCCCCCCCCCCCCCCCCCC. The lowest BCUT2D eigenvalue weighted by atomic mass is 9.98. The number of unbranched alkanes of at least 4 members (excludes halogenated alkanes) is 49. The highest BCUT2D eigenvalue weighted by Gasteiger charge is 2.44. The van der Waals surface area contributed by atoms with Crippen molar-refractivity contribution >= 4 is 5.91 Å². The Kier molecular flexibility index (Phi) is 56.9. The van der Waals surface area contributed by atoms with Crippen molar-refractivity contribution in [1.82, 2.24) is 5.32 Å². The normalized spacial score (nSPS) is 19.1. The zero-order chi connectivity index (χ0) is 58.9. The molecule has 9 unspecified atom stereocenters. The molecule has 9 atom stereocenters. The highest BCUT2D eigenvalue weighted by Crippen LogP contribution is 2.24. The minimum atomic E-state index is -1.66. The molecule has 8 N–H and O–H groups in total. The number of rotatable bonds is 63. The van der Waals surface area contributed by atoms with E-state index in [4.69, 9.17) is 9.47 Å². The molecule has 482 valence electrons. The smallest absolute Gasteiger partial charge is 0.249 e. The number of carbonyl (C=O) groups excluding carboxylic acids is 1. The maximum atomic E-state index is 13.3. The van der Waals surface area contributed by atoms with Crippen molar-refractivity contribution in [3.63, 3.8) is 0 Å². The summed E-state index contributed by atoms with van der Waals surface area (Å²) in [6.45, 7) is 3.52. The van der Waals surface area contributed by atoms with Gasteiger partial charge in [0.1, 0.15) is 36.6 Å². The molecule has 1 aliphatic heterocycles. The monoisotopic (exact) mass is 1150 g/mol. The van der Waals surface area contributed by atoms with Gasteiger partial charge in [0.2, 0.25) is 5.91 Å². The minimum absolute atomic E-state index is 0.262. The Morgan fingerprint density at radius 3 is 1.04 bits per heavy atom. The van der Waals surface area contributed by atoms with Crippen molar-refractivity contribution < 1.29 is 50.0 Å². The van der Waals surface area contributed by atoms with E-state index in [0.717, 1.165) is 38.5 Å². The molecule has 0 saturated carbocycles. The molecular weight excluding hydrogens is 1010 g/mol. The molecule has 1 amide bonds. The standard InChI is InChI=1S/C70H137NO10/c1-3-5-7-9-11-13-15-17-19-21-23-25-27-29-31-32-34-35-37-39-41-43-45-47-49-51-53-55-57-62(73)65(75)61(60-80-70-68(78)67(77)66(76)64(59-72)81-70)71-69(79)63(74)58-56-54-52-50-48-46-44-42-40-38-36-33-30-28-26-24-22-20-18-16-14-12-10-8-6-4-2/h30,33,61-68,70,72-78H,3-29,31-32,34-60H2,1-2H3,(H,71,79)/b33-30-. The van der Waals surface area contributed by atoms with E-state index in [1.165, 1.54) is 283 Å². The van der Waals surface area contributed by atoms with Gasteiger partial charge >= 0.3 is 0 Å². The van der Waals surface area contributed by atoms with Gasteiger partial charge in [0.15, 0.2) is 6.29 Å². The van der Waals surface area contributed by atoms with E-state index < -0.39 is 74.2 Å². The second-order valence-corrected chi connectivity index (χ2v) is 25.3. The number of aliphatic hydroxyl groups is 7. The van der Waals surface area contributed by atoms with Crippen LogP contribution in [0.5, 0.6) is 0 Å². The molecule has 1 fully saturated rings. The van der Waals surface area contributed by atoms with Crippen LogP contribution in [0.25, 0.3) is 0 Å². The molecule has 0 spiro atoms. The number of nitrogens with one attached hydrogen (secondary N) is 1. The molecule has 11 heteroatoms. The van der Waals surface area contributed by atoms with Gasteiger partial charge in [-0.1, -0.05) is 334 Å². The van der Waals surface area contributed by atoms with Crippen molar-refractivity contribution in [2.24, 2.45) is 0 Å². The predicted molar refractivity (Wildman–Crippen MR) is 339 cm³/mol. The molecule has 0 aliphatic carbocycles. The number of aliphatic hydroxyl groups excluding tert-OH is 7. The highest BCUT2D eigenvalue weighted by molar-refractivity contribution is 5.80. The second-order valence-electron chi connectivity index (χ2n) is 25.3. The Morgan fingerprint density at radius 1 is 0.420 bits per heavy atom. The predicted octanol–water partition coefficient (Wildman–Crippen LogP) is 17.0. The summed E-state index contributed by atoms with van der Waals surface area (Å²) in [5.74, 6) is -0.690. The van der Waals surface area contributed by atoms with E-state index in [1.807, 2.05) is 0 Å². The van der Waals surface area contributed by atoms with E-state index in [-0.39, 0.29) is 6.42 Å². The van der Waals surface area contributed by atoms with Gasteiger partial charge in [0.25, 0.3) is 0 Å². The summed E-state index contributed by atoms with van der Waals surface area (Å²) in [7, 11) is 0.